The second-order valence-corrected chi connectivity index (χ2v) is 8.01. The molecule has 0 aliphatic carbocycles. The molecule has 162 valence electrons. The number of fused-ring (bicyclic) bond motifs is 1. The molecule has 1 saturated heterocycles. The summed E-state index contributed by atoms with van der Waals surface area (Å²) in [6.07, 6.45) is 0.912. The number of imidazole rings is 1. The van der Waals surface area contributed by atoms with Gasteiger partial charge in [0.1, 0.15) is 16.9 Å². The zero-order chi connectivity index (χ0) is 21.9. The number of nitrogens with zero attached hydrogens (tertiary/aromatic N) is 3. The van der Waals surface area contributed by atoms with Crippen LogP contribution in [0.15, 0.2) is 23.4 Å². The van der Waals surface area contributed by atoms with Gasteiger partial charge in [-0.15, -0.1) is 0 Å². The van der Waals surface area contributed by atoms with E-state index in [1.54, 1.807) is 12.1 Å². The molecule has 0 bridgehead atoms. The molecule has 0 radical (unpaired) electrons. The highest BCUT2D eigenvalue weighted by molar-refractivity contribution is 8.00. The summed E-state index contributed by atoms with van der Waals surface area (Å²) in [6.45, 7) is 2.30. The summed E-state index contributed by atoms with van der Waals surface area (Å²) in [5.41, 5.74) is -3.92. The number of anilines is 1. The van der Waals surface area contributed by atoms with Crippen LogP contribution in [0, 0.1) is 11.8 Å². The lowest BCUT2D eigenvalue weighted by atomic mass is 10.0. The molecular formula is C19H21F4N5OS. The van der Waals surface area contributed by atoms with Crippen molar-refractivity contribution in [3.8, 4) is 11.8 Å². The monoisotopic (exact) mass is 443 g/mol. The number of halogens is 4. The zero-order valence-electron chi connectivity index (χ0n) is 16.4. The van der Waals surface area contributed by atoms with Crippen LogP contribution in [-0.4, -0.2) is 64.6 Å². The molecule has 0 spiro atoms. The van der Waals surface area contributed by atoms with Crippen molar-refractivity contribution in [2.45, 2.75) is 36.1 Å². The topological polar surface area (TPSA) is 61.7 Å². The number of amides is 1. The standard InChI is InChI=1S/C19H21F4N5OS/c1-12(29)24-8-3-5-16-18(30-19(21,22)23)28-9-4-6-15(17(28)26-16)25-14-7-10-27(2)11-13(14)20/h4,6,9,13-14,25H,7-8,10-11H2,1-2H3,(H,24,29). The molecule has 1 aliphatic heterocycles. The number of thioether (sulfide) groups is 1. The molecule has 3 rings (SSSR count). The molecule has 11 heteroatoms. The maximum absolute atomic E-state index is 14.4. The van der Waals surface area contributed by atoms with Gasteiger partial charge in [0.25, 0.3) is 0 Å². The molecule has 1 aliphatic rings. The van der Waals surface area contributed by atoms with E-state index >= 15 is 0 Å². The summed E-state index contributed by atoms with van der Waals surface area (Å²) in [5, 5.41) is 5.37. The first-order chi connectivity index (χ1) is 14.1. The predicted octanol–water partition coefficient (Wildman–Crippen LogP) is 2.89. The number of piperidine rings is 1. The Kier molecular flexibility index (Phi) is 6.77. The van der Waals surface area contributed by atoms with Crippen molar-refractivity contribution in [2.24, 2.45) is 0 Å². The van der Waals surface area contributed by atoms with E-state index in [4.69, 9.17) is 0 Å². The number of rotatable bonds is 4. The fraction of sp³-hybridized carbons (Fsp3) is 0.474. The van der Waals surface area contributed by atoms with E-state index in [1.807, 2.05) is 11.9 Å². The second kappa shape index (κ2) is 9.14. The summed E-state index contributed by atoms with van der Waals surface area (Å²) < 4.78 is 55.1. The lowest BCUT2D eigenvalue weighted by molar-refractivity contribution is -0.118. The van der Waals surface area contributed by atoms with E-state index < -0.39 is 17.7 Å². The normalized spacial score (nSPS) is 19.9. The van der Waals surface area contributed by atoms with Crippen molar-refractivity contribution in [1.82, 2.24) is 19.6 Å². The average molecular weight is 443 g/mol. The first-order valence-electron chi connectivity index (χ1n) is 9.23. The molecule has 0 aromatic carbocycles. The largest absolute Gasteiger partial charge is 0.447 e. The Balaban J connectivity index is 1.96. The van der Waals surface area contributed by atoms with Crippen LogP contribution in [-0.2, 0) is 4.79 Å². The molecular weight excluding hydrogens is 422 g/mol. The van der Waals surface area contributed by atoms with Crippen LogP contribution in [0.3, 0.4) is 0 Å². The number of likely N-dealkylation sites (tertiary alicyclic amines) is 1. The van der Waals surface area contributed by atoms with Gasteiger partial charge in [0.15, 0.2) is 5.65 Å². The van der Waals surface area contributed by atoms with E-state index in [2.05, 4.69) is 27.5 Å². The number of hydrogen-bond acceptors (Lipinski definition) is 5. The van der Waals surface area contributed by atoms with Crippen LogP contribution in [0.25, 0.3) is 5.65 Å². The molecule has 1 fully saturated rings. The van der Waals surface area contributed by atoms with Crippen molar-refractivity contribution < 1.29 is 22.4 Å². The highest BCUT2D eigenvalue weighted by Crippen LogP contribution is 2.39. The van der Waals surface area contributed by atoms with Crippen molar-refractivity contribution in [1.29, 1.82) is 0 Å². The van der Waals surface area contributed by atoms with Gasteiger partial charge in [-0.05, 0) is 31.5 Å². The quantitative estimate of drug-likeness (QED) is 0.432. The van der Waals surface area contributed by atoms with Crippen LogP contribution < -0.4 is 10.6 Å². The molecule has 2 aromatic rings. The molecule has 0 saturated carbocycles. The van der Waals surface area contributed by atoms with Gasteiger partial charge >= 0.3 is 5.51 Å². The number of nitrogens with one attached hydrogen (secondary N) is 2. The number of aromatic nitrogens is 2. The fourth-order valence-electron chi connectivity index (χ4n) is 3.16. The van der Waals surface area contributed by atoms with Crippen molar-refractivity contribution in [3.05, 3.63) is 24.0 Å². The Morgan fingerprint density at radius 3 is 2.87 bits per heavy atom. The maximum atomic E-state index is 14.4. The summed E-state index contributed by atoms with van der Waals surface area (Å²) >= 11 is -0.314. The third kappa shape index (κ3) is 5.58. The minimum atomic E-state index is -4.54. The summed E-state index contributed by atoms with van der Waals surface area (Å²) in [5.74, 6) is 4.91. The Labute approximate surface area is 175 Å². The lowest BCUT2D eigenvalue weighted by Gasteiger charge is -2.33. The average Bonchev–Trinajstić information content (AvgIpc) is 2.98. The van der Waals surface area contributed by atoms with Crippen LogP contribution in [0.4, 0.5) is 23.2 Å². The number of carbonyl (C=O) groups excluding carboxylic acids is 1. The molecule has 3 heterocycles. The lowest BCUT2D eigenvalue weighted by Crippen LogP contribution is -2.46. The van der Waals surface area contributed by atoms with Crippen LogP contribution >= 0.6 is 11.8 Å². The highest BCUT2D eigenvalue weighted by Gasteiger charge is 2.33. The van der Waals surface area contributed by atoms with Crippen molar-refractivity contribution in [2.75, 3.05) is 32.0 Å². The maximum Gasteiger partial charge on any atom is 0.447 e. The third-order valence-corrected chi connectivity index (χ3v) is 5.35. The second-order valence-electron chi connectivity index (χ2n) is 6.96. The molecule has 6 nitrogen and oxygen atoms in total. The van der Waals surface area contributed by atoms with Crippen molar-refractivity contribution in [3.63, 3.8) is 0 Å². The summed E-state index contributed by atoms with van der Waals surface area (Å²) in [4.78, 5) is 17.1. The zero-order valence-corrected chi connectivity index (χ0v) is 17.2. The predicted molar refractivity (Wildman–Crippen MR) is 107 cm³/mol. The highest BCUT2D eigenvalue weighted by atomic mass is 32.2. The number of carbonyl (C=O) groups is 1. The Morgan fingerprint density at radius 2 is 2.20 bits per heavy atom. The van der Waals surface area contributed by atoms with E-state index in [0.29, 0.717) is 18.7 Å². The summed E-state index contributed by atoms with van der Waals surface area (Å²) in [6, 6.07) is 2.77. The van der Waals surface area contributed by atoms with Gasteiger partial charge in [-0.3, -0.25) is 9.20 Å². The van der Waals surface area contributed by atoms with Gasteiger partial charge in [0, 0.05) is 38.0 Å². The summed E-state index contributed by atoms with van der Waals surface area (Å²) in [7, 11) is 1.84. The van der Waals surface area contributed by atoms with Gasteiger partial charge in [-0.1, -0.05) is 5.92 Å². The van der Waals surface area contributed by atoms with Gasteiger partial charge in [-0.25, -0.2) is 9.37 Å². The number of pyridine rings is 1. The Morgan fingerprint density at radius 1 is 1.43 bits per heavy atom. The van der Waals surface area contributed by atoms with Gasteiger partial charge in [0.05, 0.1) is 18.3 Å². The Bertz CT molecular complexity index is 981. The van der Waals surface area contributed by atoms with E-state index in [0.717, 1.165) is 0 Å². The van der Waals surface area contributed by atoms with E-state index in [-0.39, 0.29) is 47.1 Å². The molecule has 2 aromatic heterocycles. The minimum Gasteiger partial charge on any atom is -0.376 e. The number of alkyl halides is 4. The first kappa shape index (κ1) is 22.2. The molecule has 2 N–H and O–H groups in total. The molecule has 2 atom stereocenters. The Hall–Kier alpha value is -2.45. The smallest absolute Gasteiger partial charge is 0.376 e. The van der Waals surface area contributed by atoms with Crippen LogP contribution in [0.5, 0.6) is 0 Å². The SMILES string of the molecule is CC(=O)NCC#Cc1nc2c(NC3CCN(C)CC3F)cccn2c1SC(F)(F)F. The third-order valence-electron chi connectivity index (χ3n) is 4.54. The molecule has 30 heavy (non-hydrogen) atoms. The molecule has 2 unspecified atom stereocenters. The van der Waals surface area contributed by atoms with Crippen molar-refractivity contribution >= 4 is 29.0 Å². The number of hydrogen-bond donors (Lipinski definition) is 2. The first-order valence-corrected chi connectivity index (χ1v) is 10.0. The fourth-order valence-corrected chi connectivity index (χ4v) is 3.82. The van der Waals surface area contributed by atoms with Crippen LogP contribution in [0.1, 0.15) is 19.0 Å². The van der Waals surface area contributed by atoms with Gasteiger partial charge < -0.3 is 15.5 Å². The van der Waals surface area contributed by atoms with E-state index in [9.17, 15) is 22.4 Å². The minimum absolute atomic E-state index is 0.0104. The molecule has 1 amide bonds. The van der Waals surface area contributed by atoms with Gasteiger partial charge in [-0.2, -0.15) is 13.2 Å². The van der Waals surface area contributed by atoms with E-state index in [1.165, 1.54) is 17.5 Å². The van der Waals surface area contributed by atoms with Crippen LogP contribution in [0.2, 0.25) is 0 Å². The van der Waals surface area contributed by atoms with Gasteiger partial charge in [0.2, 0.25) is 5.91 Å².